The first kappa shape index (κ1) is 14.9. The lowest BCUT2D eigenvalue weighted by Gasteiger charge is -2.26. The van der Waals surface area contributed by atoms with Crippen LogP contribution in [0.5, 0.6) is 0 Å². The van der Waals surface area contributed by atoms with Crippen LogP contribution in [0.1, 0.15) is 39.0 Å². The van der Waals surface area contributed by atoms with Crippen molar-refractivity contribution in [3.8, 4) is 0 Å². The lowest BCUT2D eigenvalue weighted by atomic mass is 10.2. The molecule has 3 heteroatoms. The van der Waals surface area contributed by atoms with E-state index in [0.717, 1.165) is 12.6 Å². The summed E-state index contributed by atoms with van der Waals surface area (Å²) in [6.07, 6.45) is 6.87. The quantitative estimate of drug-likeness (QED) is 0.621. The predicted octanol–water partition coefficient (Wildman–Crippen LogP) is 1.79. The van der Waals surface area contributed by atoms with Crippen LogP contribution in [0, 0.1) is 0 Å². The second kappa shape index (κ2) is 8.90. The molecule has 1 aliphatic rings. The van der Waals surface area contributed by atoms with Gasteiger partial charge >= 0.3 is 0 Å². The molecular weight excluding hydrogens is 210 g/mol. The minimum atomic E-state index is 0.818. The standard InChI is InChI=1S/C14H31N3/c1-4-15-10-6-5-7-11-17-12-8-9-14(17)13-16(2)3/h14-15H,4-13H2,1-3H3. The van der Waals surface area contributed by atoms with E-state index in [-0.39, 0.29) is 0 Å². The summed E-state index contributed by atoms with van der Waals surface area (Å²) in [5, 5.41) is 3.39. The van der Waals surface area contributed by atoms with Gasteiger partial charge in [0.25, 0.3) is 0 Å². The van der Waals surface area contributed by atoms with Gasteiger partial charge in [0, 0.05) is 12.6 Å². The summed E-state index contributed by atoms with van der Waals surface area (Å²) in [4.78, 5) is 5.03. The van der Waals surface area contributed by atoms with Crippen LogP contribution in [0.2, 0.25) is 0 Å². The number of likely N-dealkylation sites (tertiary alicyclic amines) is 1. The average molecular weight is 241 g/mol. The van der Waals surface area contributed by atoms with E-state index in [2.05, 4.69) is 36.1 Å². The highest BCUT2D eigenvalue weighted by atomic mass is 15.2. The Morgan fingerprint density at radius 2 is 2.06 bits per heavy atom. The highest BCUT2D eigenvalue weighted by Crippen LogP contribution is 2.18. The highest BCUT2D eigenvalue weighted by molar-refractivity contribution is 4.80. The van der Waals surface area contributed by atoms with E-state index in [4.69, 9.17) is 0 Å². The number of likely N-dealkylation sites (N-methyl/N-ethyl adjacent to an activating group) is 1. The number of unbranched alkanes of at least 4 members (excludes halogenated alkanes) is 2. The van der Waals surface area contributed by atoms with Crippen molar-refractivity contribution in [2.75, 3.05) is 46.8 Å². The van der Waals surface area contributed by atoms with Crippen molar-refractivity contribution >= 4 is 0 Å². The largest absolute Gasteiger partial charge is 0.317 e. The third-order valence-corrected chi connectivity index (χ3v) is 3.62. The van der Waals surface area contributed by atoms with Crippen molar-refractivity contribution in [1.82, 2.24) is 15.1 Å². The number of rotatable bonds is 9. The van der Waals surface area contributed by atoms with E-state index >= 15 is 0 Å². The molecule has 0 amide bonds. The molecule has 1 N–H and O–H groups in total. The van der Waals surface area contributed by atoms with Crippen LogP contribution in [-0.4, -0.2) is 62.7 Å². The van der Waals surface area contributed by atoms with Gasteiger partial charge in [0.1, 0.15) is 0 Å². The van der Waals surface area contributed by atoms with E-state index in [1.807, 2.05) is 0 Å². The number of nitrogens with zero attached hydrogens (tertiary/aromatic N) is 2. The van der Waals surface area contributed by atoms with Gasteiger partial charge in [0.15, 0.2) is 0 Å². The molecule has 1 aliphatic heterocycles. The minimum Gasteiger partial charge on any atom is -0.317 e. The van der Waals surface area contributed by atoms with Gasteiger partial charge in [-0.15, -0.1) is 0 Å². The van der Waals surface area contributed by atoms with Crippen LogP contribution in [0.15, 0.2) is 0 Å². The summed E-state index contributed by atoms with van der Waals surface area (Å²) < 4.78 is 0. The molecule has 0 aliphatic carbocycles. The third kappa shape index (κ3) is 6.39. The number of nitrogens with one attached hydrogen (secondary N) is 1. The smallest absolute Gasteiger partial charge is 0.0223 e. The molecule has 0 aromatic rings. The molecule has 1 rings (SSSR count). The maximum absolute atomic E-state index is 3.39. The second-order valence-electron chi connectivity index (χ2n) is 5.51. The Labute approximate surface area is 108 Å². The SMILES string of the molecule is CCNCCCCCN1CCCC1CN(C)C. The number of hydrogen-bond acceptors (Lipinski definition) is 3. The van der Waals surface area contributed by atoms with Crippen LogP contribution in [-0.2, 0) is 0 Å². The van der Waals surface area contributed by atoms with Crippen molar-refractivity contribution in [1.29, 1.82) is 0 Å². The summed E-state index contributed by atoms with van der Waals surface area (Å²) in [5.41, 5.74) is 0. The minimum absolute atomic E-state index is 0.818. The van der Waals surface area contributed by atoms with Crippen molar-refractivity contribution in [3.05, 3.63) is 0 Å². The van der Waals surface area contributed by atoms with Crippen LogP contribution >= 0.6 is 0 Å². The molecule has 0 aromatic carbocycles. The first-order valence-electron chi connectivity index (χ1n) is 7.33. The Balaban J connectivity index is 2.05. The van der Waals surface area contributed by atoms with E-state index < -0.39 is 0 Å². The Bertz CT molecular complexity index is 182. The molecule has 17 heavy (non-hydrogen) atoms. The lowest BCUT2D eigenvalue weighted by Crippen LogP contribution is -2.38. The predicted molar refractivity (Wildman–Crippen MR) is 75.5 cm³/mol. The van der Waals surface area contributed by atoms with E-state index in [9.17, 15) is 0 Å². The molecule has 0 spiro atoms. The van der Waals surface area contributed by atoms with Gasteiger partial charge in [-0.3, -0.25) is 4.90 Å². The Hall–Kier alpha value is -0.120. The van der Waals surface area contributed by atoms with Crippen molar-refractivity contribution in [2.45, 2.75) is 45.1 Å². The van der Waals surface area contributed by atoms with Gasteiger partial charge in [0.05, 0.1) is 0 Å². The van der Waals surface area contributed by atoms with Crippen LogP contribution in [0.4, 0.5) is 0 Å². The molecule has 0 saturated carbocycles. The number of hydrogen-bond donors (Lipinski definition) is 1. The van der Waals surface area contributed by atoms with Crippen LogP contribution in [0.3, 0.4) is 0 Å². The second-order valence-corrected chi connectivity index (χ2v) is 5.51. The van der Waals surface area contributed by atoms with Crippen LogP contribution in [0.25, 0.3) is 0 Å². The summed E-state index contributed by atoms with van der Waals surface area (Å²) in [5.74, 6) is 0. The van der Waals surface area contributed by atoms with Gasteiger partial charge in [-0.25, -0.2) is 0 Å². The molecule has 1 saturated heterocycles. The average Bonchev–Trinajstić information content (AvgIpc) is 2.70. The van der Waals surface area contributed by atoms with Crippen LogP contribution < -0.4 is 5.32 Å². The molecule has 1 atom stereocenters. The van der Waals surface area contributed by atoms with E-state index in [0.29, 0.717) is 0 Å². The molecule has 1 fully saturated rings. The highest BCUT2D eigenvalue weighted by Gasteiger charge is 2.23. The maximum Gasteiger partial charge on any atom is 0.0223 e. The molecule has 1 heterocycles. The van der Waals surface area contributed by atoms with Crippen molar-refractivity contribution in [3.63, 3.8) is 0 Å². The van der Waals surface area contributed by atoms with Gasteiger partial charge < -0.3 is 10.2 Å². The molecule has 0 radical (unpaired) electrons. The molecule has 102 valence electrons. The van der Waals surface area contributed by atoms with E-state index in [1.165, 1.54) is 58.3 Å². The third-order valence-electron chi connectivity index (χ3n) is 3.62. The molecule has 3 nitrogen and oxygen atoms in total. The topological polar surface area (TPSA) is 18.5 Å². The summed E-state index contributed by atoms with van der Waals surface area (Å²) in [6.45, 7) is 8.35. The molecular formula is C14H31N3. The maximum atomic E-state index is 3.39. The Morgan fingerprint density at radius 1 is 1.24 bits per heavy atom. The fourth-order valence-electron chi connectivity index (χ4n) is 2.74. The first-order chi connectivity index (χ1) is 8.24. The summed E-state index contributed by atoms with van der Waals surface area (Å²) >= 11 is 0. The molecule has 1 unspecified atom stereocenters. The van der Waals surface area contributed by atoms with E-state index in [1.54, 1.807) is 0 Å². The summed E-state index contributed by atoms with van der Waals surface area (Å²) in [6, 6.07) is 0.818. The zero-order valence-corrected chi connectivity index (χ0v) is 12.0. The van der Waals surface area contributed by atoms with Gasteiger partial charge in [0.2, 0.25) is 0 Å². The fourth-order valence-corrected chi connectivity index (χ4v) is 2.74. The normalized spacial score (nSPS) is 21.5. The zero-order chi connectivity index (χ0) is 12.5. The van der Waals surface area contributed by atoms with Crippen molar-refractivity contribution < 1.29 is 0 Å². The zero-order valence-electron chi connectivity index (χ0n) is 12.0. The van der Waals surface area contributed by atoms with Gasteiger partial charge in [-0.2, -0.15) is 0 Å². The molecule has 0 bridgehead atoms. The van der Waals surface area contributed by atoms with Crippen molar-refractivity contribution in [2.24, 2.45) is 0 Å². The monoisotopic (exact) mass is 241 g/mol. The lowest BCUT2D eigenvalue weighted by molar-refractivity contribution is 0.204. The fraction of sp³-hybridized carbons (Fsp3) is 1.00. The summed E-state index contributed by atoms with van der Waals surface area (Å²) in [7, 11) is 4.37. The molecule has 0 aromatic heterocycles. The Morgan fingerprint density at radius 3 is 2.76 bits per heavy atom. The first-order valence-corrected chi connectivity index (χ1v) is 7.33. The Kier molecular flexibility index (Phi) is 7.82. The van der Waals surface area contributed by atoms with Gasteiger partial charge in [-0.05, 0) is 66.0 Å². The van der Waals surface area contributed by atoms with Gasteiger partial charge in [-0.1, -0.05) is 13.3 Å².